The van der Waals surface area contributed by atoms with E-state index < -0.39 is 6.10 Å². The highest BCUT2D eigenvalue weighted by molar-refractivity contribution is 5.47. The molecule has 0 aromatic carbocycles. The van der Waals surface area contributed by atoms with Crippen LogP contribution in [0.5, 0.6) is 0 Å². The normalized spacial score (nSPS) is 12.6. The molecule has 0 saturated heterocycles. The Bertz CT molecular complexity index is 282. The van der Waals surface area contributed by atoms with Gasteiger partial charge in [0.1, 0.15) is 5.82 Å². The van der Waals surface area contributed by atoms with Gasteiger partial charge in [-0.25, -0.2) is 4.98 Å². The van der Waals surface area contributed by atoms with Crippen molar-refractivity contribution in [2.45, 2.75) is 26.9 Å². The topological polar surface area (TPSA) is 36.4 Å². The molecule has 0 aliphatic rings. The Balaban J connectivity index is 3.05. The molecule has 0 aliphatic heterocycles. The van der Waals surface area contributed by atoms with Crippen molar-refractivity contribution in [3.05, 3.63) is 23.9 Å². The average Bonchev–Trinajstić information content (AvgIpc) is 2.20. The van der Waals surface area contributed by atoms with E-state index >= 15 is 0 Å². The van der Waals surface area contributed by atoms with Gasteiger partial charge in [0.25, 0.3) is 0 Å². The number of aromatic nitrogens is 1. The fourth-order valence-corrected chi connectivity index (χ4v) is 1.52. The third kappa shape index (κ3) is 2.23. The van der Waals surface area contributed by atoms with Gasteiger partial charge in [0.2, 0.25) is 0 Å². The number of hydrogen-bond donors (Lipinski definition) is 1. The number of pyridine rings is 1. The molecule has 0 saturated carbocycles. The molecule has 1 rings (SSSR count). The van der Waals surface area contributed by atoms with Crippen LogP contribution < -0.4 is 4.90 Å². The molecular weight excluding hydrogens is 176 g/mol. The summed E-state index contributed by atoms with van der Waals surface area (Å²) in [5.74, 6) is 0.896. The maximum atomic E-state index is 9.58. The second-order valence-corrected chi connectivity index (χ2v) is 3.26. The molecule has 3 heteroatoms. The van der Waals surface area contributed by atoms with E-state index in [1.165, 1.54) is 0 Å². The van der Waals surface area contributed by atoms with Crippen LogP contribution in [0.25, 0.3) is 0 Å². The van der Waals surface area contributed by atoms with E-state index in [-0.39, 0.29) is 0 Å². The summed E-state index contributed by atoms with van der Waals surface area (Å²) in [6.07, 6.45) is 1.30. The van der Waals surface area contributed by atoms with E-state index in [1.807, 2.05) is 12.1 Å². The predicted molar refractivity (Wildman–Crippen MR) is 58.4 cm³/mol. The zero-order chi connectivity index (χ0) is 10.6. The summed E-state index contributed by atoms with van der Waals surface area (Å²) in [5, 5.41) is 9.58. The first kappa shape index (κ1) is 11.0. The first-order chi connectivity index (χ1) is 6.70. The standard InChI is InChI=1S/C11H18N2O/c1-4-13(5-2)11-10(9(3)14)7-6-8-12-11/h6-9,14H,4-5H2,1-3H3/t9-/m1/s1. The molecule has 0 aliphatic carbocycles. The highest BCUT2D eigenvalue weighted by Gasteiger charge is 2.12. The van der Waals surface area contributed by atoms with Gasteiger partial charge in [-0.3, -0.25) is 0 Å². The van der Waals surface area contributed by atoms with Crippen LogP contribution in [0, 0.1) is 0 Å². The molecule has 1 aromatic rings. The lowest BCUT2D eigenvalue weighted by Crippen LogP contribution is -2.24. The van der Waals surface area contributed by atoms with E-state index in [0.29, 0.717) is 0 Å². The van der Waals surface area contributed by atoms with Crippen molar-refractivity contribution in [2.24, 2.45) is 0 Å². The summed E-state index contributed by atoms with van der Waals surface area (Å²) in [6.45, 7) is 7.76. The summed E-state index contributed by atoms with van der Waals surface area (Å²) >= 11 is 0. The van der Waals surface area contributed by atoms with Gasteiger partial charge >= 0.3 is 0 Å². The molecule has 1 aromatic heterocycles. The molecule has 14 heavy (non-hydrogen) atoms. The molecule has 0 bridgehead atoms. The Labute approximate surface area is 85.4 Å². The molecule has 1 N–H and O–H groups in total. The predicted octanol–water partition coefficient (Wildman–Crippen LogP) is 1.98. The fourth-order valence-electron chi connectivity index (χ4n) is 1.52. The fraction of sp³-hybridized carbons (Fsp3) is 0.545. The molecule has 0 radical (unpaired) electrons. The summed E-state index contributed by atoms with van der Waals surface area (Å²) in [5.41, 5.74) is 0.899. The second kappa shape index (κ2) is 4.96. The largest absolute Gasteiger partial charge is 0.389 e. The smallest absolute Gasteiger partial charge is 0.134 e. The van der Waals surface area contributed by atoms with Crippen LogP contribution in [0.2, 0.25) is 0 Å². The third-order valence-electron chi connectivity index (χ3n) is 2.33. The quantitative estimate of drug-likeness (QED) is 0.796. The molecule has 1 atom stereocenters. The second-order valence-electron chi connectivity index (χ2n) is 3.26. The van der Waals surface area contributed by atoms with Crippen molar-refractivity contribution in [1.29, 1.82) is 0 Å². The number of anilines is 1. The molecule has 3 nitrogen and oxygen atoms in total. The van der Waals surface area contributed by atoms with Crippen molar-refractivity contribution < 1.29 is 5.11 Å². The number of nitrogens with zero attached hydrogens (tertiary/aromatic N) is 2. The number of hydrogen-bond acceptors (Lipinski definition) is 3. The van der Waals surface area contributed by atoms with E-state index in [4.69, 9.17) is 0 Å². The minimum Gasteiger partial charge on any atom is -0.389 e. The molecule has 0 unspecified atom stereocenters. The minimum atomic E-state index is -0.459. The lowest BCUT2D eigenvalue weighted by Gasteiger charge is -2.23. The summed E-state index contributed by atoms with van der Waals surface area (Å²) in [4.78, 5) is 6.45. The van der Waals surface area contributed by atoms with Crippen molar-refractivity contribution in [2.75, 3.05) is 18.0 Å². The van der Waals surface area contributed by atoms with Crippen LogP contribution in [0.3, 0.4) is 0 Å². The van der Waals surface area contributed by atoms with Gasteiger partial charge in [-0.1, -0.05) is 6.07 Å². The Morgan fingerprint density at radius 1 is 1.43 bits per heavy atom. The van der Waals surface area contributed by atoms with Crippen LogP contribution in [0.1, 0.15) is 32.4 Å². The minimum absolute atomic E-state index is 0.459. The average molecular weight is 194 g/mol. The Morgan fingerprint density at radius 2 is 2.07 bits per heavy atom. The Morgan fingerprint density at radius 3 is 2.57 bits per heavy atom. The summed E-state index contributed by atoms with van der Waals surface area (Å²) < 4.78 is 0. The van der Waals surface area contributed by atoms with Crippen molar-refractivity contribution >= 4 is 5.82 Å². The van der Waals surface area contributed by atoms with E-state index in [2.05, 4.69) is 23.7 Å². The summed E-state index contributed by atoms with van der Waals surface area (Å²) in [7, 11) is 0. The van der Waals surface area contributed by atoms with Crippen LogP contribution >= 0.6 is 0 Å². The van der Waals surface area contributed by atoms with Gasteiger partial charge < -0.3 is 10.0 Å². The zero-order valence-electron chi connectivity index (χ0n) is 9.07. The lowest BCUT2D eigenvalue weighted by molar-refractivity contribution is 0.199. The highest BCUT2D eigenvalue weighted by atomic mass is 16.3. The number of rotatable bonds is 4. The zero-order valence-corrected chi connectivity index (χ0v) is 9.07. The maximum Gasteiger partial charge on any atom is 0.134 e. The van der Waals surface area contributed by atoms with Gasteiger partial charge in [-0.05, 0) is 26.8 Å². The SMILES string of the molecule is CCN(CC)c1ncccc1[C@@H](C)O. The molecule has 1 heterocycles. The van der Waals surface area contributed by atoms with Crippen LogP contribution in [0.4, 0.5) is 5.82 Å². The van der Waals surface area contributed by atoms with Crippen LogP contribution in [-0.2, 0) is 0 Å². The van der Waals surface area contributed by atoms with Crippen LogP contribution in [0.15, 0.2) is 18.3 Å². The van der Waals surface area contributed by atoms with Crippen molar-refractivity contribution in [1.82, 2.24) is 4.98 Å². The number of aliphatic hydroxyl groups excluding tert-OH is 1. The van der Waals surface area contributed by atoms with Crippen LogP contribution in [-0.4, -0.2) is 23.2 Å². The van der Waals surface area contributed by atoms with Crippen molar-refractivity contribution in [3.8, 4) is 0 Å². The van der Waals surface area contributed by atoms with E-state index in [0.717, 1.165) is 24.5 Å². The van der Waals surface area contributed by atoms with Gasteiger partial charge in [0, 0.05) is 24.8 Å². The Kier molecular flexibility index (Phi) is 3.89. The number of aliphatic hydroxyl groups is 1. The van der Waals surface area contributed by atoms with E-state index in [9.17, 15) is 5.11 Å². The van der Waals surface area contributed by atoms with Gasteiger partial charge in [-0.2, -0.15) is 0 Å². The monoisotopic (exact) mass is 194 g/mol. The van der Waals surface area contributed by atoms with Crippen molar-refractivity contribution in [3.63, 3.8) is 0 Å². The highest BCUT2D eigenvalue weighted by Crippen LogP contribution is 2.22. The molecular formula is C11H18N2O. The molecule has 0 spiro atoms. The maximum absolute atomic E-state index is 9.58. The Hall–Kier alpha value is -1.09. The first-order valence-corrected chi connectivity index (χ1v) is 5.08. The third-order valence-corrected chi connectivity index (χ3v) is 2.33. The van der Waals surface area contributed by atoms with Gasteiger partial charge in [0.05, 0.1) is 6.10 Å². The lowest BCUT2D eigenvalue weighted by atomic mass is 10.1. The van der Waals surface area contributed by atoms with Gasteiger partial charge in [0.15, 0.2) is 0 Å². The molecule has 78 valence electrons. The molecule has 0 amide bonds. The summed E-state index contributed by atoms with van der Waals surface area (Å²) in [6, 6.07) is 3.78. The first-order valence-electron chi connectivity index (χ1n) is 5.08. The van der Waals surface area contributed by atoms with E-state index in [1.54, 1.807) is 13.1 Å². The molecule has 0 fully saturated rings. The van der Waals surface area contributed by atoms with Gasteiger partial charge in [-0.15, -0.1) is 0 Å².